The number of carbonyl (C=O) groups excluding carboxylic acids is 2. The predicted octanol–water partition coefficient (Wildman–Crippen LogP) is 2.12. The normalized spacial score (nSPS) is 12.8. The van der Waals surface area contributed by atoms with Crippen molar-refractivity contribution in [2.75, 3.05) is 27.6 Å². The van der Waals surface area contributed by atoms with Crippen LogP contribution in [0.25, 0.3) is 10.2 Å². The number of rotatable bonds is 6. The van der Waals surface area contributed by atoms with Crippen molar-refractivity contribution in [3.8, 4) is 23.0 Å². The van der Waals surface area contributed by atoms with Gasteiger partial charge in [-0.3, -0.25) is 9.59 Å². The van der Waals surface area contributed by atoms with Crippen molar-refractivity contribution < 1.29 is 33.3 Å². The van der Waals surface area contributed by atoms with E-state index in [9.17, 15) is 9.59 Å². The summed E-state index contributed by atoms with van der Waals surface area (Å²) in [7, 11) is 2.87. The highest BCUT2D eigenvalue weighted by molar-refractivity contribution is 7.16. The topological polar surface area (TPSA) is 97.6 Å². The fourth-order valence-corrected chi connectivity index (χ4v) is 3.90. The Bertz CT molecular complexity index is 1160. The van der Waals surface area contributed by atoms with Gasteiger partial charge in [-0.25, -0.2) is 0 Å². The first kappa shape index (κ1) is 19.8. The van der Waals surface area contributed by atoms with Crippen LogP contribution in [-0.4, -0.2) is 44.1 Å². The number of fused-ring (bicyclic) bond motifs is 2. The molecule has 4 rings (SSSR count). The van der Waals surface area contributed by atoms with Gasteiger partial charge in [0.05, 0.1) is 24.4 Å². The molecule has 1 amide bonds. The Morgan fingerprint density at radius 2 is 1.80 bits per heavy atom. The molecule has 2 aromatic carbocycles. The summed E-state index contributed by atoms with van der Waals surface area (Å²) in [5.41, 5.74) is 0.692. The molecule has 10 heteroatoms. The number of hydrogen-bond acceptors (Lipinski definition) is 8. The Morgan fingerprint density at radius 3 is 2.50 bits per heavy atom. The van der Waals surface area contributed by atoms with Gasteiger partial charge in [0.2, 0.25) is 6.79 Å². The molecule has 156 valence electrons. The molecule has 30 heavy (non-hydrogen) atoms. The number of nitrogens with zero attached hydrogens (tertiary/aromatic N) is 2. The zero-order chi connectivity index (χ0) is 21.1. The Morgan fingerprint density at radius 1 is 1.10 bits per heavy atom. The molecule has 3 aromatic rings. The van der Waals surface area contributed by atoms with Crippen molar-refractivity contribution >= 4 is 33.4 Å². The number of aromatic nitrogens is 1. The van der Waals surface area contributed by atoms with Gasteiger partial charge in [-0.15, -0.1) is 0 Å². The summed E-state index contributed by atoms with van der Waals surface area (Å²) in [6, 6.07) is 10.4. The Labute approximate surface area is 175 Å². The van der Waals surface area contributed by atoms with Crippen LogP contribution in [0.3, 0.4) is 0 Å². The van der Waals surface area contributed by atoms with E-state index in [0.29, 0.717) is 33.3 Å². The summed E-state index contributed by atoms with van der Waals surface area (Å²) in [4.78, 5) is 28.8. The molecule has 0 radical (unpaired) electrons. The third-order valence-corrected chi connectivity index (χ3v) is 5.38. The number of thiazole rings is 1. The van der Waals surface area contributed by atoms with Gasteiger partial charge in [-0.05, 0) is 24.3 Å². The van der Waals surface area contributed by atoms with E-state index < -0.39 is 11.9 Å². The molecule has 1 aromatic heterocycles. The minimum Gasteiger partial charge on any atom is -0.497 e. The van der Waals surface area contributed by atoms with E-state index in [1.807, 2.05) is 0 Å². The fraction of sp³-hybridized carbons (Fsp3) is 0.250. The highest BCUT2D eigenvalue weighted by Crippen LogP contribution is 2.37. The lowest BCUT2D eigenvalue weighted by Crippen LogP contribution is -2.23. The van der Waals surface area contributed by atoms with Gasteiger partial charge in [0, 0.05) is 12.1 Å². The van der Waals surface area contributed by atoms with Gasteiger partial charge in [-0.1, -0.05) is 11.3 Å². The molecule has 0 atom stereocenters. The SMILES string of the molecule is COC(=O)Cn1c(=NC(=O)COc2ccc(OC)cc2)sc2cc3c(cc21)OCO3. The fourth-order valence-electron chi connectivity index (χ4n) is 2.85. The molecule has 9 nitrogen and oxygen atoms in total. The summed E-state index contributed by atoms with van der Waals surface area (Å²) in [5.74, 6) is 1.43. The minimum atomic E-state index is -0.490. The van der Waals surface area contributed by atoms with Crippen molar-refractivity contribution in [3.63, 3.8) is 0 Å². The van der Waals surface area contributed by atoms with Crippen molar-refractivity contribution in [2.45, 2.75) is 6.54 Å². The van der Waals surface area contributed by atoms with E-state index in [-0.39, 0.29) is 19.9 Å². The quantitative estimate of drug-likeness (QED) is 0.553. The van der Waals surface area contributed by atoms with Crippen LogP contribution >= 0.6 is 11.3 Å². The number of hydrogen-bond donors (Lipinski definition) is 0. The molecule has 2 heterocycles. The lowest BCUT2D eigenvalue weighted by molar-refractivity contribution is -0.141. The molecular formula is C20H18N2O7S. The molecule has 0 unspecified atom stereocenters. The van der Waals surface area contributed by atoms with Gasteiger partial charge in [0.15, 0.2) is 22.9 Å². The lowest BCUT2D eigenvalue weighted by atomic mass is 10.3. The third-order valence-electron chi connectivity index (χ3n) is 4.33. The van der Waals surface area contributed by atoms with Crippen LogP contribution in [0.4, 0.5) is 0 Å². The maximum atomic E-state index is 12.4. The van der Waals surface area contributed by atoms with Crippen molar-refractivity contribution in [3.05, 3.63) is 41.2 Å². The Balaban J connectivity index is 1.62. The second-order valence-corrected chi connectivity index (χ2v) is 7.20. The summed E-state index contributed by atoms with van der Waals surface area (Å²) in [6.07, 6.45) is 0. The smallest absolute Gasteiger partial charge is 0.325 e. The molecule has 0 fully saturated rings. The molecule has 0 saturated heterocycles. The molecule has 0 N–H and O–H groups in total. The number of ether oxygens (including phenoxy) is 5. The van der Waals surface area contributed by atoms with Gasteiger partial charge in [0.1, 0.15) is 18.0 Å². The maximum absolute atomic E-state index is 12.4. The zero-order valence-electron chi connectivity index (χ0n) is 16.2. The highest BCUT2D eigenvalue weighted by atomic mass is 32.1. The number of benzene rings is 2. The van der Waals surface area contributed by atoms with Crippen LogP contribution in [0, 0.1) is 0 Å². The first-order valence-corrected chi connectivity index (χ1v) is 9.73. The van der Waals surface area contributed by atoms with Crippen molar-refractivity contribution in [1.29, 1.82) is 0 Å². The average Bonchev–Trinajstić information content (AvgIpc) is 3.34. The van der Waals surface area contributed by atoms with Crippen molar-refractivity contribution in [1.82, 2.24) is 4.57 Å². The molecule has 0 spiro atoms. The summed E-state index contributed by atoms with van der Waals surface area (Å²) in [5, 5.41) is 0. The first-order chi connectivity index (χ1) is 14.6. The van der Waals surface area contributed by atoms with Crippen LogP contribution in [-0.2, 0) is 20.9 Å². The van der Waals surface area contributed by atoms with Gasteiger partial charge in [0.25, 0.3) is 5.91 Å². The number of methoxy groups -OCH3 is 2. The molecule has 1 aliphatic heterocycles. The number of amides is 1. The van der Waals surface area contributed by atoms with Gasteiger partial charge >= 0.3 is 5.97 Å². The third kappa shape index (κ3) is 4.08. The number of carbonyl (C=O) groups is 2. The second kappa shape index (κ2) is 8.46. The summed E-state index contributed by atoms with van der Waals surface area (Å²) >= 11 is 1.26. The minimum absolute atomic E-state index is 0.0956. The van der Waals surface area contributed by atoms with Gasteiger partial charge in [-0.2, -0.15) is 4.99 Å². The standard InChI is InChI=1S/C20H18N2O7S/c1-25-12-3-5-13(6-4-12)27-10-18(23)21-20-22(9-19(24)26-2)14-7-15-16(29-11-28-15)8-17(14)30-20/h3-8H,9-11H2,1-2H3. The number of esters is 1. The monoisotopic (exact) mass is 430 g/mol. The van der Waals surface area contributed by atoms with E-state index >= 15 is 0 Å². The molecule has 0 bridgehead atoms. The largest absolute Gasteiger partial charge is 0.497 e. The lowest BCUT2D eigenvalue weighted by Gasteiger charge is -2.05. The Hall–Kier alpha value is -3.53. The van der Waals surface area contributed by atoms with Crippen LogP contribution in [0.5, 0.6) is 23.0 Å². The van der Waals surface area contributed by atoms with E-state index in [4.69, 9.17) is 23.7 Å². The summed E-state index contributed by atoms with van der Waals surface area (Å²) in [6.45, 7) is -0.203. The van der Waals surface area contributed by atoms with E-state index in [1.165, 1.54) is 18.4 Å². The van der Waals surface area contributed by atoms with Crippen LogP contribution in [0.15, 0.2) is 41.4 Å². The molecule has 0 aliphatic carbocycles. The van der Waals surface area contributed by atoms with Crippen LogP contribution < -0.4 is 23.7 Å². The maximum Gasteiger partial charge on any atom is 0.325 e. The highest BCUT2D eigenvalue weighted by Gasteiger charge is 2.19. The molecule has 0 saturated carbocycles. The average molecular weight is 430 g/mol. The van der Waals surface area contributed by atoms with E-state index in [2.05, 4.69) is 4.99 Å². The Kier molecular flexibility index (Phi) is 5.57. The van der Waals surface area contributed by atoms with Crippen molar-refractivity contribution in [2.24, 2.45) is 4.99 Å². The molecule has 1 aliphatic rings. The van der Waals surface area contributed by atoms with Crippen LogP contribution in [0.1, 0.15) is 0 Å². The second-order valence-electron chi connectivity index (χ2n) is 6.19. The summed E-state index contributed by atoms with van der Waals surface area (Å²) < 4.78 is 28.6. The molecular weight excluding hydrogens is 412 g/mol. The van der Waals surface area contributed by atoms with E-state index in [1.54, 1.807) is 48.1 Å². The van der Waals surface area contributed by atoms with Crippen LogP contribution in [0.2, 0.25) is 0 Å². The van der Waals surface area contributed by atoms with Gasteiger partial charge < -0.3 is 28.3 Å². The predicted molar refractivity (Wildman–Crippen MR) is 107 cm³/mol. The zero-order valence-corrected chi connectivity index (χ0v) is 17.1. The van der Waals surface area contributed by atoms with E-state index in [0.717, 1.165) is 4.70 Å². The first-order valence-electron chi connectivity index (χ1n) is 8.91.